The third kappa shape index (κ3) is 3.28. The fraction of sp³-hybridized carbons (Fsp3) is 0.733. The number of Topliss-reactive ketones (excluding diaryl/α,β-unsaturated/α-hetero) is 1. The lowest BCUT2D eigenvalue weighted by Gasteiger charge is -2.23. The van der Waals surface area contributed by atoms with Crippen molar-refractivity contribution in [2.24, 2.45) is 11.1 Å². The Balaban J connectivity index is 2.10. The van der Waals surface area contributed by atoms with Gasteiger partial charge in [-0.1, -0.05) is 18.5 Å². The number of esters is 1. The molecule has 1 atom stereocenters. The number of hydrogen-bond donors (Lipinski definition) is 1. The minimum absolute atomic E-state index is 0.0125. The van der Waals surface area contributed by atoms with Crippen LogP contribution in [0.2, 0.25) is 0 Å². The van der Waals surface area contributed by atoms with Gasteiger partial charge in [0, 0.05) is 12.5 Å². The molecule has 0 aromatic carbocycles. The highest BCUT2D eigenvalue weighted by molar-refractivity contribution is 6.38. The van der Waals surface area contributed by atoms with Crippen molar-refractivity contribution in [2.75, 3.05) is 13.2 Å². The monoisotopic (exact) mass is 310 g/mol. The molecule has 7 heteroatoms. The smallest absolute Gasteiger partial charge is 0.356 e. The van der Waals surface area contributed by atoms with Gasteiger partial charge in [-0.25, -0.2) is 4.79 Å². The first-order chi connectivity index (χ1) is 10.5. The number of hydrogen-bond acceptors (Lipinski definition) is 6. The second kappa shape index (κ2) is 6.89. The van der Waals surface area contributed by atoms with Gasteiger partial charge in [-0.15, -0.1) is 0 Å². The molecule has 0 saturated heterocycles. The van der Waals surface area contributed by atoms with Crippen molar-refractivity contribution < 1.29 is 24.0 Å². The lowest BCUT2D eigenvalue weighted by atomic mass is 9.88. The van der Waals surface area contributed by atoms with E-state index in [-0.39, 0.29) is 30.4 Å². The molecule has 1 fully saturated rings. The van der Waals surface area contributed by atoms with Gasteiger partial charge in [-0.2, -0.15) is 0 Å². The summed E-state index contributed by atoms with van der Waals surface area (Å²) in [5, 5.41) is 6.36. The summed E-state index contributed by atoms with van der Waals surface area (Å²) < 4.78 is 4.86. The zero-order chi connectivity index (χ0) is 16.2. The number of ether oxygens (including phenoxy) is 1. The summed E-state index contributed by atoms with van der Waals surface area (Å²) in [6.07, 6.45) is 3.08. The maximum absolute atomic E-state index is 12.5. The Morgan fingerprint density at radius 3 is 2.68 bits per heavy atom. The number of oxime groups is 1. The SMILES string of the molecule is CCCCNC(=O)C1(C(=O)C2CC2)CC(C(=O)OCC)=NO1. The second-order valence-corrected chi connectivity index (χ2v) is 5.60. The number of nitrogens with zero attached hydrogens (tertiary/aromatic N) is 1. The summed E-state index contributed by atoms with van der Waals surface area (Å²) in [6, 6.07) is 0. The molecule has 0 aromatic rings. The molecule has 22 heavy (non-hydrogen) atoms. The molecule has 0 aromatic heterocycles. The molecule has 1 unspecified atom stereocenters. The van der Waals surface area contributed by atoms with Crippen LogP contribution < -0.4 is 5.32 Å². The van der Waals surface area contributed by atoms with Crippen molar-refractivity contribution in [1.29, 1.82) is 0 Å². The first-order valence-corrected chi connectivity index (χ1v) is 7.80. The molecule has 1 aliphatic carbocycles. The van der Waals surface area contributed by atoms with E-state index in [9.17, 15) is 14.4 Å². The molecule has 1 N–H and O–H groups in total. The molecule has 122 valence electrons. The van der Waals surface area contributed by atoms with Gasteiger partial charge in [-0.3, -0.25) is 9.59 Å². The summed E-state index contributed by atoms with van der Waals surface area (Å²) in [4.78, 5) is 41.9. The zero-order valence-corrected chi connectivity index (χ0v) is 13.0. The molecule has 0 radical (unpaired) electrons. The van der Waals surface area contributed by atoms with Crippen molar-refractivity contribution in [2.45, 2.75) is 51.6 Å². The van der Waals surface area contributed by atoms with E-state index >= 15 is 0 Å². The molecule has 2 rings (SSSR count). The molecule has 1 saturated carbocycles. The van der Waals surface area contributed by atoms with Crippen LogP contribution in [-0.2, 0) is 24.0 Å². The van der Waals surface area contributed by atoms with Crippen molar-refractivity contribution in [3.63, 3.8) is 0 Å². The summed E-state index contributed by atoms with van der Waals surface area (Å²) in [5.41, 5.74) is -1.71. The zero-order valence-electron chi connectivity index (χ0n) is 13.0. The van der Waals surface area contributed by atoms with Crippen LogP contribution in [0, 0.1) is 5.92 Å². The summed E-state index contributed by atoms with van der Waals surface area (Å²) in [7, 11) is 0. The van der Waals surface area contributed by atoms with Gasteiger partial charge in [-0.05, 0) is 26.2 Å². The van der Waals surface area contributed by atoms with E-state index in [1.807, 2.05) is 6.92 Å². The van der Waals surface area contributed by atoms with Crippen molar-refractivity contribution in [3.05, 3.63) is 0 Å². The molecule has 1 aliphatic heterocycles. The molecule has 1 amide bonds. The van der Waals surface area contributed by atoms with Crippen LogP contribution >= 0.6 is 0 Å². The average Bonchev–Trinajstić information content (AvgIpc) is 3.25. The van der Waals surface area contributed by atoms with E-state index in [0.29, 0.717) is 6.54 Å². The minimum atomic E-state index is -1.70. The van der Waals surface area contributed by atoms with Gasteiger partial charge in [0.1, 0.15) is 0 Å². The van der Waals surface area contributed by atoms with E-state index in [2.05, 4.69) is 10.5 Å². The Bertz CT molecular complexity index is 498. The highest BCUT2D eigenvalue weighted by Gasteiger charge is 2.58. The molecule has 2 aliphatic rings. The predicted molar refractivity (Wildman–Crippen MR) is 78.1 cm³/mol. The van der Waals surface area contributed by atoms with Crippen LogP contribution in [0.1, 0.15) is 46.0 Å². The number of carbonyl (C=O) groups is 3. The summed E-state index contributed by atoms with van der Waals surface area (Å²) >= 11 is 0. The van der Waals surface area contributed by atoms with Gasteiger partial charge < -0.3 is 14.9 Å². The Hall–Kier alpha value is -1.92. The fourth-order valence-electron chi connectivity index (χ4n) is 2.32. The van der Waals surface area contributed by atoms with E-state index < -0.39 is 17.5 Å². The number of ketones is 1. The normalized spacial score (nSPS) is 23.5. The van der Waals surface area contributed by atoms with Crippen LogP contribution in [0.4, 0.5) is 0 Å². The van der Waals surface area contributed by atoms with E-state index in [0.717, 1.165) is 25.7 Å². The first kappa shape index (κ1) is 16.5. The van der Waals surface area contributed by atoms with E-state index in [4.69, 9.17) is 9.57 Å². The molecular weight excluding hydrogens is 288 g/mol. The Morgan fingerprint density at radius 2 is 2.09 bits per heavy atom. The highest BCUT2D eigenvalue weighted by atomic mass is 16.7. The van der Waals surface area contributed by atoms with Gasteiger partial charge >= 0.3 is 5.97 Å². The number of carbonyl (C=O) groups excluding carboxylic acids is 3. The van der Waals surface area contributed by atoms with Gasteiger partial charge in [0.25, 0.3) is 11.5 Å². The lowest BCUT2D eigenvalue weighted by molar-refractivity contribution is -0.157. The van der Waals surface area contributed by atoms with Gasteiger partial charge in [0.05, 0.1) is 13.0 Å². The molecular formula is C15H22N2O5. The molecule has 0 bridgehead atoms. The Labute approximate surface area is 129 Å². The summed E-state index contributed by atoms with van der Waals surface area (Å²) in [6.45, 7) is 4.34. The first-order valence-electron chi connectivity index (χ1n) is 7.80. The molecule has 0 spiro atoms. The van der Waals surface area contributed by atoms with E-state index in [1.54, 1.807) is 6.92 Å². The second-order valence-electron chi connectivity index (χ2n) is 5.60. The third-order valence-corrected chi connectivity index (χ3v) is 3.77. The van der Waals surface area contributed by atoms with Crippen molar-refractivity contribution >= 4 is 23.4 Å². The van der Waals surface area contributed by atoms with Gasteiger partial charge in [0.15, 0.2) is 11.5 Å². The number of nitrogens with one attached hydrogen (secondary N) is 1. The predicted octanol–water partition coefficient (Wildman–Crippen LogP) is 0.960. The topological polar surface area (TPSA) is 94.1 Å². The highest BCUT2D eigenvalue weighted by Crippen LogP contribution is 2.39. The van der Waals surface area contributed by atoms with Crippen molar-refractivity contribution in [1.82, 2.24) is 5.32 Å². The molecule has 7 nitrogen and oxygen atoms in total. The standard InChI is InChI=1S/C15H22N2O5/c1-3-5-8-16-14(20)15(12(18)10-6-7-10)9-11(17-22-15)13(19)21-4-2/h10H,3-9H2,1-2H3,(H,16,20). The van der Waals surface area contributed by atoms with Crippen molar-refractivity contribution in [3.8, 4) is 0 Å². The Kier molecular flexibility index (Phi) is 5.15. The van der Waals surface area contributed by atoms with Crippen LogP contribution in [0.5, 0.6) is 0 Å². The van der Waals surface area contributed by atoms with Crippen LogP contribution in [0.25, 0.3) is 0 Å². The number of rotatable bonds is 8. The fourth-order valence-corrected chi connectivity index (χ4v) is 2.32. The van der Waals surface area contributed by atoms with Crippen LogP contribution in [0.15, 0.2) is 5.16 Å². The largest absolute Gasteiger partial charge is 0.461 e. The number of amides is 1. The maximum atomic E-state index is 12.5. The van der Waals surface area contributed by atoms with E-state index in [1.165, 1.54) is 0 Å². The van der Waals surface area contributed by atoms with Crippen LogP contribution in [0.3, 0.4) is 0 Å². The minimum Gasteiger partial charge on any atom is -0.461 e. The average molecular weight is 310 g/mol. The lowest BCUT2D eigenvalue weighted by Crippen LogP contribution is -2.54. The maximum Gasteiger partial charge on any atom is 0.356 e. The number of unbranched alkanes of at least 4 members (excludes halogenated alkanes) is 1. The van der Waals surface area contributed by atoms with Gasteiger partial charge in [0.2, 0.25) is 0 Å². The Morgan fingerprint density at radius 1 is 1.36 bits per heavy atom. The van der Waals surface area contributed by atoms with Crippen LogP contribution in [-0.4, -0.2) is 42.1 Å². The molecule has 1 heterocycles. The quantitative estimate of drug-likeness (QED) is 0.409. The third-order valence-electron chi connectivity index (χ3n) is 3.77. The summed E-state index contributed by atoms with van der Waals surface area (Å²) in [5.74, 6) is -1.62.